The SMILES string of the molecule is c1ccc(-c2ccc(-n3c4ccccc4c4cc(-c5ccc6c(c5)c5cc7c(cc5n6-c5cccc(-c6ccccc6)c5)C(c5ccc6ccccc6c5)c5ccccc5-7)ccc43)cc2)cc1.c1ccc(-c2ccc(-n3c4ccccc4c4cc(-c5ccc6c(c5)c5cc7c8ccccc8n(-c8ccc(-c9ccccc9)cc8)c7cc5n6-c5cccc(-c6ccccc6)c5)ccc43)cc2)cc1. The minimum absolute atomic E-state index is 0.119. The molecular weight excluding hydrogens is 1640 g/mol. The first-order valence-electron chi connectivity index (χ1n) is 47.0. The van der Waals surface area contributed by atoms with Crippen molar-refractivity contribution in [3.63, 3.8) is 0 Å². The third kappa shape index (κ3) is 13.0. The monoisotopic (exact) mass is 1730 g/mol. The molecule has 1 atom stereocenters. The molecule has 28 rings (SSSR count). The van der Waals surface area contributed by atoms with Gasteiger partial charge in [0, 0.05) is 88.2 Å². The summed E-state index contributed by atoms with van der Waals surface area (Å²) < 4.78 is 12.2. The average Bonchev–Trinajstić information content (AvgIpc) is 1.56. The number of benzene rings is 22. The molecule has 1 aliphatic carbocycles. The molecule has 5 heterocycles. The molecule has 1 unspecified atom stereocenters. The highest BCUT2D eigenvalue weighted by Crippen LogP contribution is 2.53. The summed E-state index contributed by atoms with van der Waals surface area (Å²) in [6.45, 7) is 0. The second kappa shape index (κ2) is 32.0. The molecule has 0 bridgehead atoms. The van der Waals surface area contributed by atoms with Gasteiger partial charge in [-0.3, -0.25) is 0 Å². The molecule has 1 aliphatic rings. The lowest BCUT2D eigenvalue weighted by atomic mass is 9.88. The Labute approximate surface area is 786 Å². The summed E-state index contributed by atoms with van der Waals surface area (Å²) in [4.78, 5) is 0. The van der Waals surface area contributed by atoms with Gasteiger partial charge in [0.25, 0.3) is 0 Å². The van der Waals surface area contributed by atoms with Crippen molar-refractivity contribution in [3.05, 3.63) is 526 Å². The fourth-order valence-electron chi connectivity index (χ4n) is 22.2. The van der Waals surface area contributed by atoms with Gasteiger partial charge in [0.15, 0.2) is 0 Å². The van der Waals surface area contributed by atoms with Crippen molar-refractivity contribution in [3.8, 4) is 117 Å². The van der Waals surface area contributed by atoms with E-state index in [9.17, 15) is 0 Å². The molecule has 0 radical (unpaired) electrons. The Bertz CT molecular complexity index is 9420. The van der Waals surface area contributed by atoms with Crippen LogP contribution in [0.25, 0.3) is 237 Å². The standard InChI is InChI=1S/C66H43N3.C65H42N2/c1-4-15-44(16-5-1)47-27-33-52(34-28-47)67-61-25-12-10-23-55(61)57-40-50(31-37-63(57)67)51-32-38-64-58(41-51)60-42-59-56-24-11-13-26-62(56)68(53-35-29-48(30-36-53)45-17-6-2-7-18-45)65(59)43-66(60)69(64)54-22-14-21-49(39-54)46-19-8-3-9-20-46;1-3-14-42(15-4-1)45-28-32-51(33-29-45)66-61-25-12-11-23-54(61)57-38-48(30-34-62(57)66)49-31-35-63-58(39-49)59-40-56-53-22-9-10-24-55(53)65(50-27-26-44-18-7-8-19-46(44)36-50)60(56)41-64(59)67(63)52-21-13-20-47(37-52)43-16-5-2-6-17-43/h1-43H;1-41,65H. The summed E-state index contributed by atoms with van der Waals surface area (Å²) >= 11 is 0. The van der Waals surface area contributed by atoms with Crippen LogP contribution >= 0.6 is 0 Å². The second-order valence-electron chi connectivity index (χ2n) is 36.2. The van der Waals surface area contributed by atoms with Crippen LogP contribution in [-0.2, 0) is 0 Å². The van der Waals surface area contributed by atoms with Gasteiger partial charge in [-0.05, 0) is 268 Å². The molecular formula is C131H85N5. The van der Waals surface area contributed by atoms with E-state index in [-0.39, 0.29) is 5.92 Å². The highest BCUT2D eigenvalue weighted by Gasteiger charge is 2.33. The topological polar surface area (TPSA) is 24.6 Å². The molecule has 136 heavy (non-hydrogen) atoms. The van der Waals surface area contributed by atoms with E-state index < -0.39 is 0 Å². The molecule has 0 aliphatic heterocycles. The lowest BCUT2D eigenvalue weighted by Crippen LogP contribution is -2.00. The number of para-hydroxylation sites is 3. The Kier molecular flexibility index (Phi) is 18.3. The Morgan fingerprint density at radius 3 is 0.838 bits per heavy atom. The van der Waals surface area contributed by atoms with Gasteiger partial charge in [0.1, 0.15) is 0 Å². The van der Waals surface area contributed by atoms with Gasteiger partial charge in [-0.1, -0.05) is 358 Å². The van der Waals surface area contributed by atoms with Gasteiger partial charge in [-0.15, -0.1) is 0 Å². The molecule has 0 saturated carbocycles. The van der Waals surface area contributed by atoms with E-state index in [1.807, 2.05) is 0 Å². The largest absolute Gasteiger partial charge is 0.309 e. The molecule has 27 aromatic rings. The highest BCUT2D eigenvalue weighted by molar-refractivity contribution is 6.21. The Hall–Kier alpha value is -17.9. The molecule has 0 N–H and O–H groups in total. The number of nitrogens with zero attached hydrogens (tertiary/aromatic N) is 5. The average molecular weight is 1730 g/mol. The van der Waals surface area contributed by atoms with Crippen LogP contribution in [0.5, 0.6) is 0 Å². The number of hydrogen-bond donors (Lipinski definition) is 0. The summed E-state index contributed by atoms with van der Waals surface area (Å²) in [6.07, 6.45) is 0. The zero-order valence-electron chi connectivity index (χ0n) is 74.3. The number of fused-ring (bicyclic) bond motifs is 19. The van der Waals surface area contributed by atoms with Crippen LogP contribution in [0.1, 0.15) is 22.6 Å². The molecule has 5 heteroatoms. The van der Waals surface area contributed by atoms with Crippen molar-refractivity contribution in [2.45, 2.75) is 5.92 Å². The second-order valence-corrected chi connectivity index (χ2v) is 36.2. The smallest absolute Gasteiger partial charge is 0.0562 e. The predicted molar refractivity (Wildman–Crippen MR) is 573 cm³/mol. The van der Waals surface area contributed by atoms with Gasteiger partial charge in [-0.25, -0.2) is 0 Å². The molecule has 5 nitrogen and oxygen atoms in total. The van der Waals surface area contributed by atoms with E-state index in [0.717, 1.165) is 28.4 Å². The molecule has 0 spiro atoms. The summed E-state index contributed by atoms with van der Waals surface area (Å²) in [5.41, 5.74) is 41.2. The van der Waals surface area contributed by atoms with Crippen LogP contribution in [0.4, 0.5) is 0 Å². The highest BCUT2D eigenvalue weighted by atomic mass is 15.0. The van der Waals surface area contributed by atoms with Crippen molar-refractivity contribution < 1.29 is 0 Å². The van der Waals surface area contributed by atoms with E-state index in [1.165, 1.54) is 226 Å². The van der Waals surface area contributed by atoms with Gasteiger partial charge < -0.3 is 22.8 Å². The van der Waals surface area contributed by atoms with Crippen LogP contribution in [0, 0.1) is 0 Å². The van der Waals surface area contributed by atoms with Gasteiger partial charge >= 0.3 is 0 Å². The molecule has 634 valence electrons. The van der Waals surface area contributed by atoms with Crippen molar-refractivity contribution >= 4 is 120 Å². The minimum atomic E-state index is 0.119. The van der Waals surface area contributed by atoms with E-state index in [0.29, 0.717) is 0 Å². The summed E-state index contributed by atoms with van der Waals surface area (Å²) in [5.74, 6) is 0.119. The first kappa shape index (κ1) is 78.0. The summed E-state index contributed by atoms with van der Waals surface area (Å²) in [6, 6.07) is 188. The van der Waals surface area contributed by atoms with E-state index in [2.05, 4.69) is 532 Å². The predicted octanol–water partition coefficient (Wildman–Crippen LogP) is 34.8. The maximum absolute atomic E-state index is 2.51. The number of rotatable bonds is 13. The Morgan fingerprint density at radius 1 is 0.125 bits per heavy atom. The van der Waals surface area contributed by atoms with Gasteiger partial charge in [0.05, 0.1) is 55.2 Å². The first-order chi connectivity index (χ1) is 67.4. The lowest BCUT2D eigenvalue weighted by Gasteiger charge is -2.16. The molecule has 22 aromatic carbocycles. The summed E-state index contributed by atoms with van der Waals surface area (Å²) in [7, 11) is 0. The van der Waals surface area contributed by atoms with E-state index in [4.69, 9.17) is 0 Å². The van der Waals surface area contributed by atoms with Crippen molar-refractivity contribution in [2.75, 3.05) is 0 Å². The number of hydrogen-bond acceptors (Lipinski definition) is 0. The molecule has 0 saturated heterocycles. The zero-order chi connectivity index (χ0) is 89.4. The third-order valence-corrected chi connectivity index (χ3v) is 28.6. The van der Waals surface area contributed by atoms with Crippen molar-refractivity contribution in [1.82, 2.24) is 22.8 Å². The van der Waals surface area contributed by atoms with Gasteiger partial charge in [-0.2, -0.15) is 0 Å². The van der Waals surface area contributed by atoms with Crippen molar-refractivity contribution in [1.29, 1.82) is 0 Å². The minimum Gasteiger partial charge on any atom is -0.309 e. The van der Waals surface area contributed by atoms with Crippen LogP contribution in [0.2, 0.25) is 0 Å². The molecule has 0 fully saturated rings. The fraction of sp³-hybridized carbons (Fsp3) is 0.00763. The quantitative estimate of drug-likeness (QED) is 0.110. The molecule has 5 aromatic heterocycles. The van der Waals surface area contributed by atoms with Crippen LogP contribution in [0.3, 0.4) is 0 Å². The lowest BCUT2D eigenvalue weighted by molar-refractivity contribution is 1.02. The third-order valence-electron chi connectivity index (χ3n) is 28.6. The Morgan fingerprint density at radius 2 is 0.412 bits per heavy atom. The normalized spacial score (nSPS) is 12.5. The zero-order valence-corrected chi connectivity index (χ0v) is 74.3. The maximum atomic E-state index is 2.51. The fourth-order valence-corrected chi connectivity index (χ4v) is 22.2. The van der Waals surface area contributed by atoms with Gasteiger partial charge in [0.2, 0.25) is 0 Å². The Balaban J connectivity index is 0.000000138. The summed E-state index contributed by atoms with van der Waals surface area (Å²) in [5, 5.41) is 14.9. The number of aromatic nitrogens is 5. The van der Waals surface area contributed by atoms with Crippen molar-refractivity contribution in [2.24, 2.45) is 0 Å². The van der Waals surface area contributed by atoms with E-state index >= 15 is 0 Å². The molecule has 0 amide bonds. The van der Waals surface area contributed by atoms with Crippen LogP contribution in [0.15, 0.2) is 510 Å². The maximum Gasteiger partial charge on any atom is 0.0562 e. The first-order valence-corrected chi connectivity index (χ1v) is 47.0. The van der Waals surface area contributed by atoms with Crippen LogP contribution in [-0.4, -0.2) is 22.8 Å². The van der Waals surface area contributed by atoms with E-state index in [1.54, 1.807) is 0 Å². The van der Waals surface area contributed by atoms with Crippen LogP contribution < -0.4 is 0 Å².